The van der Waals surface area contributed by atoms with Crippen LogP contribution in [0.5, 0.6) is 0 Å². The minimum Gasteiger partial charge on any atom is -0.358 e. The predicted molar refractivity (Wildman–Crippen MR) is 124 cm³/mol. The molecule has 0 aromatic heterocycles. The quantitative estimate of drug-likeness (QED) is 0.682. The fourth-order valence-electron chi connectivity index (χ4n) is 3.76. The highest BCUT2D eigenvalue weighted by molar-refractivity contribution is 7.89. The van der Waals surface area contributed by atoms with Crippen molar-refractivity contribution in [3.63, 3.8) is 0 Å². The number of sulfonamides is 1. The van der Waals surface area contributed by atoms with Gasteiger partial charge >= 0.3 is 0 Å². The highest BCUT2D eigenvalue weighted by Crippen LogP contribution is 2.26. The molecule has 3 rings (SSSR count). The van der Waals surface area contributed by atoms with E-state index in [1.807, 2.05) is 6.92 Å². The van der Waals surface area contributed by atoms with Gasteiger partial charge in [-0.05, 0) is 62.2 Å². The number of hydrogen-bond acceptors (Lipinski definition) is 4. The summed E-state index contributed by atoms with van der Waals surface area (Å²) in [6, 6.07) is 12.6. The van der Waals surface area contributed by atoms with Crippen molar-refractivity contribution in [3.8, 4) is 12.3 Å². The molecule has 1 aliphatic heterocycles. The number of hydrogen-bond donors (Lipinski definition) is 1. The zero-order valence-electron chi connectivity index (χ0n) is 18.2. The van der Waals surface area contributed by atoms with E-state index in [-0.39, 0.29) is 29.0 Å². The number of nitrogens with zero attached hydrogens (tertiary/aromatic N) is 2. The second kappa shape index (κ2) is 9.98. The third-order valence-corrected chi connectivity index (χ3v) is 7.63. The Labute approximate surface area is 189 Å². The Morgan fingerprint density at radius 2 is 1.91 bits per heavy atom. The summed E-state index contributed by atoms with van der Waals surface area (Å²) in [5, 5.41) is 2.51. The standard InChI is InChI=1S/C24H27N3O4S/c1-4-19-9-7-10-21(16-19)26(17-23(28)25-3)24(29)20-11-13-22(14-12-20)32(30,31)27-15-6-5-8-18(27)2/h1,7,9-14,16,18H,5-6,8,15,17H2,2-3H3,(H,25,28). The van der Waals surface area contributed by atoms with Crippen LogP contribution in [0.15, 0.2) is 53.4 Å². The van der Waals surface area contributed by atoms with Crippen molar-refractivity contribution in [2.75, 3.05) is 25.0 Å². The summed E-state index contributed by atoms with van der Waals surface area (Å²) in [5.74, 6) is 1.74. The molecule has 0 radical (unpaired) electrons. The average molecular weight is 454 g/mol. The lowest BCUT2D eigenvalue weighted by Crippen LogP contribution is -2.42. The van der Waals surface area contributed by atoms with Gasteiger partial charge in [-0.2, -0.15) is 4.31 Å². The Balaban J connectivity index is 1.90. The molecule has 168 valence electrons. The van der Waals surface area contributed by atoms with E-state index < -0.39 is 15.9 Å². The Morgan fingerprint density at radius 1 is 1.19 bits per heavy atom. The normalized spacial score (nSPS) is 16.7. The maximum atomic E-state index is 13.2. The number of likely N-dealkylation sites (N-methyl/N-ethyl adjacent to an activating group) is 1. The van der Waals surface area contributed by atoms with Gasteiger partial charge < -0.3 is 5.32 Å². The van der Waals surface area contributed by atoms with E-state index >= 15 is 0 Å². The maximum absolute atomic E-state index is 13.2. The predicted octanol–water partition coefficient (Wildman–Crippen LogP) is 2.62. The van der Waals surface area contributed by atoms with E-state index in [1.165, 1.54) is 40.5 Å². The highest BCUT2D eigenvalue weighted by atomic mass is 32.2. The Morgan fingerprint density at radius 3 is 2.53 bits per heavy atom. The zero-order valence-corrected chi connectivity index (χ0v) is 19.1. The molecule has 8 heteroatoms. The topological polar surface area (TPSA) is 86.8 Å². The molecule has 0 bridgehead atoms. The molecule has 2 aromatic rings. The number of terminal acetylenes is 1. The minimum absolute atomic E-state index is 0.0541. The smallest absolute Gasteiger partial charge is 0.258 e. The minimum atomic E-state index is -3.64. The summed E-state index contributed by atoms with van der Waals surface area (Å²) in [4.78, 5) is 26.8. The van der Waals surface area contributed by atoms with Crippen molar-refractivity contribution in [2.45, 2.75) is 37.1 Å². The first-order valence-corrected chi connectivity index (χ1v) is 11.9. The van der Waals surface area contributed by atoms with Gasteiger partial charge in [0.05, 0.1) is 4.90 Å². The third kappa shape index (κ3) is 5.01. The van der Waals surface area contributed by atoms with Crippen LogP contribution in [0.1, 0.15) is 42.1 Å². The Kier molecular flexibility index (Phi) is 7.33. The first-order valence-electron chi connectivity index (χ1n) is 10.5. The summed E-state index contributed by atoms with van der Waals surface area (Å²) in [7, 11) is -2.15. The van der Waals surface area contributed by atoms with Gasteiger partial charge in [-0.25, -0.2) is 8.42 Å². The molecule has 32 heavy (non-hydrogen) atoms. The fourth-order valence-corrected chi connectivity index (χ4v) is 5.46. The van der Waals surface area contributed by atoms with Crippen LogP contribution in [-0.4, -0.2) is 50.7 Å². The average Bonchev–Trinajstić information content (AvgIpc) is 2.82. The highest BCUT2D eigenvalue weighted by Gasteiger charge is 2.31. The maximum Gasteiger partial charge on any atom is 0.258 e. The van der Waals surface area contributed by atoms with Crippen LogP contribution in [0.2, 0.25) is 0 Å². The van der Waals surface area contributed by atoms with Crippen molar-refractivity contribution in [1.82, 2.24) is 9.62 Å². The van der Waals surface area contributed by atoms with Crippen molar-refractivity contribution in [3.05, 3.63) is 59.7 Å². The van der Waals surface area contributed by atoms with Gasteiger partial charge in [0.25, 0.3) is 5.91 Å². The molecular formula is C24H27N3O4S. The summed E-state index contributed by atoms with van der Waals surface area (Å²) < 4.78 is 27.6. The number of carbonyl (C=O) groups excluding carboxylic acids is 2. The second-order valence-electron chi connectivity index (χ2n) is 7.74. The van der Waals surface area contributed by atoms with Gasteiger partial charge in [0.2, 0.25) is 15.9 Å². The summed E-state index contributed by atoms with van der Waals surface area (Å²) in [5.41, 5.74) is 1.33. The van der Waals surface area contributed by atoms with Crippen molar-refractivity contribution >= 4 is 27.5 Å². The van der Waals surface area contributed by atoms with Crippen molar-refractivity contribution in [1.29, 1.82) is 0 Å². The van der Waals surface area contributed by atoms with Crippen molar-refractivity contribution < 1.29 is 18.0 Å². The Hall–Kier alpha value is -3.15. The first kappa shape index (κ1) is 23.5. The molecule has 0 spiro atoms. The second-order valence-corrected chi connectivity index (χ2v) is 9.63. The molecule has 1 heterocycles. The number of carbonyl (C=O) groups is 2. The van der Waals surface area contributed by atoms with Gasteiger partial charge in [-0.1, -0.05) is 18.4 Å². The summed E-state index contributed by atoms with van der Waals surface area (Å²) in [6.45, 7) is 2.21. The molecule has 7 nitrogen and oxygen atoms in total. The first-order chi connectivity index (χ1) is 15.3. The van der Waals surface area contributed by atoms with Gasteiger partial charge in [-0.15, -0.1) is 6.42 Å². The lowest BCUT2D eigenvalue weighted by molar-refractivity contribution is -0.119. The fraction of sp³-hybridized carbons (Fsp3) is 0.333. The molecular weight excluding hydrogens is 426 g/mol. The number of anilines is 1. The van der Waals surface area contributed by atoms with Crippen LogP contribution in [0.4, 0.5) is 5.69 Å². The van der Waals surface area contributed by atoms with Crippen LogP contribution < -0.4 is 10.2 Å². The van der Waals surface area contributed by atoms with Crippen LogP contribution in [0.3, 0.4) is 0 Å². The molecule has 2 aromatic carbocycles. The van der Waals surface area contributed by atoms with Crippen LogP contribution in [0.25, 0.3) is 0 Å². The number of piperidine rings is 1. The largest absolute Gasteiger partial charge is 0.358 e. The van der Waals surface area contributed by atoms with Gasteiger partial charge in [0.15, 0.2) is 0 Å². The third-order valence-electron chi connectivity index (χ3n) is 5.60. The molecule has 0 saturated carbocycles. The Bertz CT molecular complexity index is 1140. The molecule has 1 saturated heterocycles. The van der Waals surface area contributed by atoms with E-state index in [0.717, 1.165) is 19.3 Å². The van der Waals surface area contributed by atoms with E-state index in [2.05, 4.69) is 11.2 Å². The molecule has 1 unspecified atom stereocenters. The summed E-state index contributed by atoms with van der Waals surface area (Å²) >= 11 is 0. The van der Waals surface area contributed by atoms with Gasteiger partial charge in [0.1, 0.15) is 6.54 Å². The van der Waals surface area contributed by atoms with Gasteiger partial charge in [0, 0.05) is 36.4 Å². The van der Waals surface area contributed by atoms with E-state index in [1.54, 1.807) is 24.3 Å². The van der Waals surface area contributed by atoms with Crippen molar-refractivity contribution in [2.24, 2.45) is 0 Å². The van der Waals surface area contributed by atoms with Crippen LogP contribution >= 0.6 is 0 Å². The van der Waals surface area contributed by atoms with E-state index in [4.69, 9.17) is 6.42 Å². The number of rotatable bonds is 6. The zero-order chi connectivity index (χ0) is 23.3. The molecule has 2 amide bonds. The molecule has 1 fully saturated rings. The van der Waals surface area contributed by atoms with Crippen LogP contribution in [-0.2, 0) is 14.8 Å². The summed E-state index contributed by atoms with van der Waals surface area (Å²) in [6.07, 6.45) is 8.16. The molecule has 0 aliphatic carbocycles. The molecule has 1 N–H and O–H groups in total. The number of benzene rings is 2. The van der Waals surface area contributed by atoms with E-state index in [9.17, 15) is 18.0 Å². The van der Waals surface area contributed by atoms with Gasteiger partial charge in [-0.3, -0.25) is 14.5 Å². The lowest BCUT2D eigenvalue weighted by Gasteiger charge is -2.32. The molecule has 1 atom stereocenters. The number of amides is 2. The number of nitrogens with one attached hydrogen (secondary N) is 1. The molecule has 1 aliphatic rings. The van der Waals surface area contributed by atoms with E-state index in [0.29, 0.717) is 17.8 Å². The monoisotopic (exact) mass is 453 g/mol. The lowest BCUT2D eigenvalue weighted by atomic mass is 10.1. The van der Waals surface area contributed by atoms with Crippen LogP contribution in [0, 0.1) is 12.3 Å². The SMILES string of the molecule is C#Cc1cccc(N(CC(=O)NC)C(=O)c2ccc(S(=O)(=O)N3CCCCC3C)cc2)c1.